The predicted molar refractivity (Wildman–Crippen MR) is 107 cm³/mol. The summed E-state index contributed by atoms with van der Waals surface area (Å²) in [6.07, 6.45) is 4.44. The summed E-state index contributed by atoms with van der Waals surface area (Å²) in [5, 5.41) is -0.981. The van der Waals surface area contributed by atoms with Crippen LogP contribution in [0.1, 0.15) is 11.1 Å². The van der Waals surface area contributed by atoms with Gasteiger partial charge in [-0.1, -0.05) is 48.5 Å². The van der Waals surface area contributed by atoms with Gasteiger partial charge in [-0.3, -0.25) is 0 Å². The summed E-state index contributed by atoms with van der Waals surface area (Å²) >= 11 is 6.69. The van der Waals surface area contributed by atoms with Gasteiger partial charge in [0.15, 0.2) is 0 Å². The Labute approximate surface area is 168 Å². The standard InChI is InChI=1S/C22H19ClO5/c1-26-17-10-8-16(9-11-17)18-14-19(24)28-22(20(18)23,21(25)27-2)13-12-15-6-4-3-5-7-15/h3-14,20H,1-2H3/b13-12+/t20-,22-/m1/s1. The van der Waals surface area contributed by atoms with Gasteiger partial charge < -0.3 is 14.2 Å². The van der Waals surface area contributed by atoms with Gasteiger partial charge in [0, 0.05) is 6.08 Å². The Morgan fingerprint density at radius 2 is 1.79 bits per heavy atom. The molecule has 0 spiro atoms. The number of methoxy groups -OCH3 is 2. The van der Waals surface area contributed by atoms with Crippen molar-refractivity contribution in [3.8, 4) is 5.75 Å². The second-order valence-corrected chi connectivity index (χ2v) is 6.58. The molecule has 0 fully saturated rings. The fraction of sp³-hybridized carbons (Fsp3) is 0.182. The van der Waals surface area contributed by atoms with Crippen LogP contribution in [0, 0.1) is 0 Å². The molecular formula is C22H19ClO5. The summed E-state index contributed by atoms with van der Waals surface area (Å²) < 4.78 is 15.5. The van der Waals surface area contributed by atoms with E-state index in [1.807, 2.05) is 30.3 Å². The number of carbonyl (C=O) groups excluding carboxylic acids is 2. The number of alkyl halides is 1. The quantitative estimate of drug-likeness (QED) is 0.565. The Kier molecular flexibility index (Phi) is 5.85. The molecule has 0 radical (unpaired) electrons. The van der Waals surface area contributed by atoms with E-state index in [4.69, 9.17) is 25.8 Å². The topological polar surface area (TPSA) is 61.8 Å². The zero-order valence-electron chi connectivity index (χ0n) is 15.4. The van der Waals surface area contributed by atoms with E-state index in [0.717, 1.165) is 5.56 Å². The first-order valence-electron chi connectivity index (χ1n) is 8.56. The smallest absolute Gasteiger partial charge is 0.356 e. The van der Waals surface area contributed by atoms with Gasteiger partial charge in [0.2, 0.25) is 5.60 Å². The number of rotatable bonds is 5. The minimum atomic E-state index is -1.78. The van der Waals surface area contributed by atoms with Crippen molar-refractivity contribution in [1.29, 1.82) is 0 Å². The number of hydrogen-bond donors (Lipinski definition) is 0. The van der Waals surface area contributed by atoms with Gasteiger partial charge in [0.1, 0.15) is 11.1 Å². The average molecular weight is 399 g/mol. The third-order valence-electron chi connectivity index (χ3n) is 4.44. The molecule has 0 aromatic heterocycles. The summed E-state index contributed by atoms with van der Waals surface area (Å²) in [6, 6.07) is 16.3. The molecule has 1 aliphatic rings. The zero-order chi connectivity index (χ0) is 20.1. The lowest BCUT2D eigenvalue weighted by Crippen LogP contribution is -2.52. The molecule has 2 aromatic carbocycles. The van der Waals surface area contributed by atoms with Crippen LogP contribution in [0.3, 0.4) is 0 Å². The molecule has 2 aromatic rings. The van der Waals surface area contributed by atoms with Crippen LogP contribution < -0.4 is 4.74 Å². The molecule has 0 amide bonds. The zero-order valence-corrected chi connectivity index (χ0v) is 16.2. The fourth-order valence-corrected chi connectivity index (χ4v) is 3.36. The van der Waals surface area contributed by atoms with Gasteiger partial charge in [0.05, 0.1) is 14.2 Å². The van der Waals surface area contributed by atoms with Gasteiger partial charge >= 0.3 is 11.9 Å². The van der Waals surface area contributed by atoms with Gasteiger partial charge in [0.25, 0.3) is 0 Å². The molecule has 1 heterocycles. The van der Waals surface area contributed by atoms with Gasteiger partial charge in [-0.05, 0) is 34.9 Å². The van der Waals surface area contributed by atoms with Crippen LogP contribution >= 0.6 is 11.6 Å². The summed E-state index contributed by atoms with van der Waals surface area (Å²) in [5.41, 5.74) is 0.182. The van der Waals surface area contributed by atoms with E-state index < -0.39 is 22.9 Å². The maximum atomic E-state index is 12.7. The Hall–Kier alpha value is -3.05. The van der Waals surface area contributed by atoms with E-state index in [9.17, 15) is 9.59 Å². The largest absolute Gasteiger partial charge is 0.497 e. The summed E-state index contributed by atoms with van der Waals surface area (Å²) in [5.74, 6) is -0.768. The number of hydrogen-bond acceptors (Lipinski definition) is 5. The van der Waals surface area contributed by atoms with Crippen molar-refractivity contribution >= 4 is 35.2 Å². The molecule has 0 aliphatic carbocycles. The second kappa shape index (κ2) is 8.31. The average Bonchev–Trinajstić information content (AvgIpc) is 2.74. The number of halogens is 1. The highest BCUT2D eigenvalue weighted by atomic mass is 35.5. The molecule has 3 rings (SSSR count). The Balaban J connectivity index is 2.04. The highest BCUT2D eigenvalue weighted by molar-refractivity contribution is 6.31. The number of cyclic esters (lactones) is 1. The predicted octanol–water partition coefficient (Wildman–Crippen LogP) is 3.87. The van der Waals surface area contributed by atoms with E-state index in [-0.39, 0.29) is 0 Å². The van der Waals surface area contributed by atoms with Crippen LogP contribution in [0.15, 0.2) is 66.7 Å². The summed E-state index contributed by atoms with van der Waals surface area (Å²) in [7, 11) is 2.79. The van der Waals surface area contributed by atoms with Crippen molar-refractivity contribution in [2.75, 3.05) is 14.2 Å². The maximum Gasteiger partial charge on any atom is 0.356 e. The van der Waals surface area contributed by atoms with E-state index in [1.165, 1.54) is 19.3 Å². The van der Waals surface area contributed by atoms with Crippen LogP contribution in [0.2, 0.25) is 0 Å². The summed E-state index contributed by atoms with van der Waals surface area (Å²) in [6.45, 7) is 0. The molecule has 144 valence electrons. The molecule has 0 unspecified atom stereocenters. The monoisotopic (exact) mass is 398 g/mol. The van der Waals surface area contributed by atoms with Crippen molar-refractivity contribution in [2.45, 2.75) is 11.0 Å². The highest BCUT2D eigenvalue weighted by Gasteiger charge is 2.52. The number of ether oxygens (including phenoxy) is 3. The second-order valence-electron chi connectivity index (χ2n) is 6.14. The number of esters is 2. The molecule has 1 aliphatic heterocycles. The summed E-state index contributed by atoms with van der Waals surface area (Å²) in [4.78, 5) is 25.0. The third kappa shape index (κ3) is 3.80. The third-order valence-corrected chi connectivity index (χ3v) is 5.00. The Morgan fingerprint density at radius 1 is 1.11 bits per heavy atom. The van der Waals surface area contributed by atoms with Crippen molar-refractivity contribution in [2.24, 2.45) is 0 Å². The van der Waals surface area contributed by atoms with E-state index in [1.54, 1.807) is 37.5 Å². The first-order valence-corrected chi connectivity index (χ1v) is 8.99. The van der Waals surface area contributed by atoms with Crippen LogP contribution in [-0.2, 0) is 19.1 Å². The lowest BCUT2D eigenvalue weighted by molar-refractivity contribution is -0.171. The van der Waals surface area contributed by atoms with Crippen LogP contribution in [0.25, 0.3) is 11.6 Å². The van der Waals surface area contributed by atoms with E-state index in [2.05, 4.69) is 0 Å². The molecular weight excluding hydrogens is 380 g/mol. The molecule has 5 nitrogen and oxygen atoms in total. The number of benzene rings is 2. The minimum absolute atomic E-state index is 0.462. The molecule has 0 bridgehead atoms. The SMILES string of the molecule is COC(=O)[C@]1(/C=C/c2ccccc2)OC(=O)C=C(c2ccc(OC)cc2)[C@H]1Cl. The fourth-order valence-electron chi connectivity index (χ4n) is 2.97. The molecule has 0 saturated carbocycles. The van der Waals surface area contributed by atoms with Crippen molar-refractivity contribution in [3.63, 3.8) is 0 Å². The van der Waals surface area contributed by atoms with E-state index >= 15 is 0 Å². The Bertz CT molecular complexity index is 918. The first kappa shape index (κ1) is 19.7. The molecule has 0 N–H and O–H groups in total. The lowest BCUT2D eigenvalue weighted by atomic mass is 9.86. The van der Waals surface area contributed by atoms with Crippen LogP contribution in [-0.4, -0.2) is 37.1 Å². The maximum absolute atomic E-state index is 12.7. The lowest BCUT2D eigenvalue weighted by Gasteiger charge is -2.36. The first-order chi connectivity index (χ1) is 13.5. The van der Waals surface area contributed by atoms with Gasteiger partial charge in [-0.25, -0.2) is 9.59 Å². The highest BCUT2D eigenvalue weighted by Crippen LogP contribution is 2.39. The van der Waals surface area contributed by atoms with Gasteiger partial charge in [-0.15, -0.1) is 11.6 Å². The Morgan fingerprint density at radius 3 is 2.39 bits per heavy atom. The molecule has 28 heavy (non-hydrogen) atoms. The van der Waals surface area contributed by atoms with Crippen molar-refractivity contribution in [1.82, 2.24) is 0 Å². The van der Waals surface area contributed by atoms with Crippen LogP contribution in [0.4, 0.5) is 0 Å². The minimum Gasteiger partial charge on any atom is -0.497 e. The normalized spacial score (nSPS) is 21.8. The molecule has 2 atom stereocenters. The van der Waals surface area contributed by atoms with Crippen LogP contribution in [0.5, 0.6) is 5.75 Å². The number of carbonyl (C=O) groups is 2. The van der Waals surface area contributed by atoms with E-state index in [0.29, 0.717) is 16.9 Å². The molecule has 6 heteroatoms. The molecule has 0 saturated heterocycles. The van der Waals surface area contributed by atoms with Crippen molar-refractivity contribution < 1.29 is 23.8 Å². The van der Waals surface area contributed by atoms with Crippen molar-refractivity contribution in [3.05, 3.63) is 77.9 Å². The van der Waals surface area contributed by atoms with Gasteiger partial charge in [-0.2, -0.15) is 0 Å².